The van der Waals surface area contributed by atoms with Gasteiger partial charge >= 0.3 is 6.03 Å². The molecular weight excluding hydrogens is 911 g/mol. The monoisotopic (exact) mass is 969 g/mol. The number of piperazine rings is 2. The highest BCUT2D eigenvalue weighted by atomic mass is 16.5. The number of benzene rings is 3. The third-order valence-corrected chi connectivity index (χ3v) is 13.0. The maximum atomic E-state index is 13.7. The van der Waals surface area contributed by atoms with Gasteiger partial charge in [-0.1, -0.05) is 26.0 Å². The molecule has 3 aromatic carbocycles. The molecule has 22 heteroatoms. The Hall–Kier alpha value is -7.85. The predicted molar refractivity (Wildman–Crippen MR) is 264 cm³/mol. The number of phenolic OH excluding ortho intramolecular Hbond substituents is 2. The Bertz CT molecular complexity index is 3000. The van der Waals surface area contributed by atoms with Gasteiger partial charge in [0.15, 0.2) is 17.3 Å². The van der Waals surface area contributed by atoms with Gasteiger partial charge in [0.05, 0.1) is 24.8 Å². The van der Waals surface area contributed by atoms with Gasteiger partial charge in [0.2, 0.25) is 17.4 Å². The van der Waals surface area contributed by atoms with Crippen LogP contribution in [0.4, 0.5) is 16.6 Å². The molecule has 0 saturated carbocycles. The number of nitrogens with zero attached hydrogens (tertiary/aromatic N) is 12. The Kier molecular flexibility index (Phi) is 14.3. The van der Waals surface area contributed by atoms with E-state index in [1.165, 1.54) is 18.5 Å². The van der Waals surface area contributed by atoms with E-state index in [9.17, 15) is 24.6 Å². The van der Waals surface area contributed by atoms with Crippen molar-refractivity contribution in [3.05, 3.63) is 89.1 Å². The molecule has 4 amide bonds. The number of hydrogen-bond donors (Lipinski definition) is 5. The van der Waals surface area contributed by atoms with Crippen LogP contribution in [0.1, 0.15) is 65.2 Å². The minimum atomic E-state index is -0.542. The number of ether oxygens (including phenoxy) is 2. The van der Waals surface area contributed by atoms with Crippen molar-refractivity contribution in [2.45, 2.75) is 46.2 Å². The van der Waals surface area contributed by atoms with Crippen molar-refractivity contribution in [1.29, 1.82) is 0 Å². The van der Waals surface area contributed by atoms with Gasteiger partial charge in [-0.2, -0.15) is 4.99 Å². The van der Waals surface area contributed by atoms with Crippen LogP contribution in [-0.2, 0) is 13.1 Å². The van der Waals surface area contributed by atoms with Crippen LogP contribution in [0.25, 0.3) is 28.0 Å². The fourth-order valence-electron chi connectivity index (χ4n) is 9.21. The fourth-order valence-corrected chi connectivity index (χ4v) is 9.21. The first-order valence-corrected chi connectivity index (χ1v) is 23.9. The van der Waals surface area contributed by atoms with Gasteiger partial charge in [-0.15, -0.1) is 10.2 Å². The summed E-state index contributed by atoms with van der Waals surface area (Å²) in [6, 6.07) is 14.7. The number of nitrogens with one attached hydrogen (secondary N) is 2. The van der Waals surface area contributed by atoms with Crippen molar-refractivity contribution < 1.29 is 34.1 Å². The van der Waals surface area contributed by atoms with E-state index in [-0.39, 0.29) is 52.2 Å². The Morgan fingerprint density at radius 2 is 1.59 bits per heavy atom. The second kappa shape index (κ2) is 21.0. The molecule has 22 nitrogen and oxygen atoms in total. The van der Waals surface area contributed by atoms with Crippen molar-refractivity contribution >= 4 is 40.5 Å². The van der Waals surface area contributed by atoms with Gasteiger partial charge in [0.1, 0.15) is 22.8 Å². The number of anilines is 2. The predicted octanol–water partition coefficient (Wildman–Crippen LogP) is 3.44. The molecule has 0 atom stereocenters. The van der Waals surface area contributed by atoms with Gasteiger partial charge in [0, 0.05) is 115 Å². The Morgan fingerprint density at radius 1 is 0.887 bits per heavy atom. The molecule has 3 aromatic heterocycles. The van der Waals surface area contributed by atoms with E-state index in [0.717, 1.165) is 55.9 Å². The number of phenols is 2. The lowest BCUT2D eigenvalue weighted by atomic mass is 9.98. The average molecular weight is 970 g/mol. The van der Waals surface area contributed by atoms with Crippen molar-refractivity contribution in [3.63, 3.8) is 0 Å². The molecule has 2 saturated heterocycles. The number of amides is 4. The van der Waals surface area contributed by atoms with Crippen molar-refractivity contribution in [2.24, 2.45) is 4.99 Å². The molecule has 3 aliphatic heterocycles. The summed E-state index contributed by atoms with van der Waals surface area (Å²) in [6.45, 7) is 14.8. The molecule has 6 N–H and O–H groups in total. The van der Waals surface area contributed by atoms with Crippen LogP contribution >= 0.6 is 0 Å². The molecular formula is C49H59N15O7. The third-order valence-electron chi connectivity index (χ3n) is 13.0. The van der Waals surface area contributed by atoms with E-state index in [1.807, 2.05) is 71.5 Å². The van der Waals surface area contributed by atoms with Crippen LogP contribution in [0.5, 0.6) is 23.0 Å². The molecule has 0 radical (unpaired) electrons. The highest BCUT2D eigenvalue weighted by molar-refractivity contribution is 5.97. The fraction of sp³-hybridized carbons (Fsp3) is 0.408. The van der Waals surface area contributed by atoms with E-state index in [0.29, 0.717) is 92.8 Å². The van der Waals surface area contributed by atoms with E-state index >= 15 is 0 Å². The summed E-state index contributed by atoms with van der Waals surface area (Å²) >= 11 is 0. The maximum absolute atomic E-state index is 13.7. The number of rotatable bonds is 14. The number of nitrogen functional groups attached to an aromatic ring is 1. The molecule has 9 rings (SSSR count). The molecule has 71 heavy (non-hydrogen) atoms. The van der Waals surface area contributed by atoms with Crippen LogP contribution in [0.2, 0.25) is 0 Å². The van der Waals surface area contributed by atoms with Crippen molar-refractivity contribution in [2.75, 3.05) is 96.8 Å². The number of carbonyl (C=O) groups excluding carboxylic acids is 3. The summed E-state index contributed by atoms with van der Waals surface area (Å²) in [5.74, 6) is 1.02. The van der Waals surface area contributed by atoms with Crippen LogP contribution in [-0.4, -0.2) is 168 Å². The van der Waals surface area contributed by atoms with Gasteiger partial charge in [0.25, 0.3) is 11.8 Å². The summed E-state index contributed by atoms with van der Waals surface area (Å²) in [5, 5.41) is 36.9. The Labute approximate surface area is 409 Å². The first-order valence-electron chi connectivity index (χ1n) is 23.9. The summed E-state index contributed by atoms with van der Waals surface area (Å²) < 4.78 is 15.6. The molecule has 3 aliphatic rings. The zero-order chi connectivity index (χ0) is 49.8. The van der Waals surface area contributed by atoms with Gasteiger partial charge < -0.3 is 45.9 Å². The summed E-state index contributed by atoms with van der Waals surface area (Å²) in [4.78, 5) is 65.3. The lowest BCUT2D eigenvalue weighted by Crippen LogP contribution is -2.56. The molecule has 2 fully saturated rings. The smallest absolute Gasteiger partial charge is 0.320 e. The molecule has 0 spiro atoms. The topological polar surface area (TPSA) is 260 Å². The van der Waals surface area contributed by atoms with E-state index in [2.05, 4.69) is 45.6 Å². The van der Waals surface area contributed by atoms with Gasteiger partial charge in [-0.25, -0.2) is 19.7 Å². The summed E-state index contributed by atoms with van der Waals surface area (Å²) in [7, 11) is 1.56. The maximum Gasteiger partial charge on any atom is 0.320 e. The summed E-state index contributed by atoms with van der Waals surface area (Å²) in [5.41, 5.74) is 9.22. The van der Waals surface area contributed by atoms with Crippen LogP contribution in [0.15, 0.2) is 65.9 Å². The number of aromatic nitrogens is 7. The highest BCUT2D eigenvalue weighted by Gasteiger charge is 2.29. The quantitative estimate of drug-likeness (QED) is 0.0980. The minimum Gasteiger partial charge on any atom is -0.508 e. The summed E-state index contributed by atoms with van der Waals surface area (Å²) in [6.07, 6.45) is 3.43. The van der Waals surface area contributed by atoms with E-state index < -0.39 is 11.8 Å². The minimum absolute atomic E-state index is 0.0192. The highest BCUT2D eigenvalue weighted by Crippen LogP contribution is 2.39. The molecule has 6 aromatic rings. The lowest BCUT2D eigenvalue weighted by molar-refractivity contribution is 0.0871. The zero-order valence-corrected chi connectivity index (χ0v) is 40.3. The number of urea groups is 1. The van der Waals surface area contributed by atoms with Crippen LogP contribution < -0.4 is 31.5 Å². The van der Waals surface area contributed by atoms with Crippen molar-refractivity contribution in [1.82, 2.24) is 59.2 Å². The zero-order valence-electron chi connectivity index (χ0n) is 40.3. The average Bonchev–Trinajstić information content (AvgIpc) is 4.05. The van der Waals surface area contributed by atoms with Gasteiger partial charge in [-0.3, -0.25) is 28.5 Å². The van der Waals surface area contributed by atoms with Crippen LogP contribution in [0, 0.1) is 0 Å². The van der Waals surface area contributed by atoms with E-state index in [1.54, 1.807) is 17.7 Å². The third kappa shape index (κ3) is 10.2. The van der Waals surface area contributed by atoms with E-state index in [4.69, 9.17) is 20.2 Å². The SMILES string of the molecule is CCNC(=O)c1nnc(-c2cc(C(C)C)c(O)cc2O)n1-c1ccc(CN2CCN(C(=O)N3CCN(CCCOc4ccc5c6n(c(=NC(=O)c7cnc(N)nc7)nc5c4OC)CCN6)CC3)CC2)cc1. The molecule has 0 bridgehead atoms. The molecule has 372 valence electrons. The number of aromatic hydroxyl groups is 2. The number of fused-ring (bicyclic) bond motifs is 3. The number of hydrogen-bond acceptors (Lipinski definition) is 16. The Morgan fingerprint density at radius 3 is 2.27 bits per heavy atom. The second-order valence-corrected chi connectivity index (χ2v) is 17.9. The standard InChI is InChI=1S/C49H59N15O7/c1-5-51-46(68)44-58-57-43(36-25-35(30(2)3)37(65)26-38(36)66)64(44)33-9-7-31(8-10-33)29-60-18-22-62(23-19-60)49(69)61-20-16-59(17-21-61)14-6-24-71-39-12-11-34-40(41(39)70-4)55-48(63-15-13-52-42(34)63)56-45(67)32-27-53-47(50)54-28-32/h7-12,25-28,30,52,65-66H,5-6,13-24,29H2,1-4H3,(H,51,68)(H2,50,53,54). The number of nitrogens with two attached hydrogens (primary N) is 1. The first kappa shape index (κ1) is 48.2. The normalized spacial score (nSPS) is 15.5. The molecule has 6 heterocycles. The Balaban J connectivity index is 0.754. The first-order chi connectivity index (χ1) is 34.4. The van der Waals surface area contributed by atoms with Gasteiger partial charge in [-0.05, 0) is 60.7 Å². The van der Waals surface area contributed by atoms with Crippen LogP contribution in [0.3, 0.4) is 0 Å². The largest absolute Gasteiger partial charge is 0.508 e. The van der Waals surface area contributed by atoms with Crippen molar-refractivity contribution in [3.8, 4) is 40.1 Å². The second-order valence-electron chi connectivity index (χ2n) is 17.9. The molecule has 0 aliphatic carbocycles. The number of methoxy groups -OCH3 is 1. The number of carbonyl (C=O) groups is 3. The molecule has 0 unspecified atom stereocenters. The lowest BCUT2D eigenvalue weighted by Gasteiger charge is -2.40.